The number of anilines is 1. The Morgan fingerprint density at radius 2 is 1.80 bits per heavy atom. The summed E-state index contributed by atoms with van der Waals surface area (Å²) in [5.41, 5.74) is 6.29. The molecule has 20 heavy (non-hydrogen) atoms. The van der Waals surface area contributed by atoms with E-state index in [1.54, 1.807) is 29.1 Å². The quantitative estimate of drug-likeness (QED) is 0.617. The van der Waals surface area contributed by atoms with Gasteiger partial charge < -0.3 is 28.0 Å². The summed E-state index contributed by atoms with van der Waals surface area (Å²) < 4.78 is 1.61. The molecule has 0 fully saturated rings. The molecular weight excluding hydrogens is 322 g/mol. The third-order valence-electron chi connectivity index (χ3n) is 2.53. The Hall–Kier alpha value is -2.21. The van der Waals surface area contributed by atoms with Gasteiger partial charge in [0.15, 0.2) is 12.4 Å². The maximum Gasteiger partial charge on any atom is 0.290 e. The van der Waals surface area contributed by atoms with Crippen LogP contribution >= 0.6 is 0 Å². The van der Waals surface area contributed by atoms with E-state index in [9.17, 15) is 9.59 Å². The van der Waals surface area contributed by atoms with Gasteiger partial charge in [0.2, 0.25) is 6.54 Å². The zero-order valence-electron chi connectivity index (χ0n) is 10.6. The predicted octanol–water partition coefficient (Wildman–Crippen LogP) is -2.28. The third kappa shape index (κ3) is 4.47. The van der Waals surface area contributed by atoms with Gasteiger partial charge in [-0.15, -0.1) is 0 Å². The van der Waals surface area contributed by atoms with E-state index in [1.807, 2.05) is 30.3 Å². The van der Waals surface area contributed by atoms with Gasteiger partial charge in [-0.05, 0) is 18.2 Å². The van der Waals surface area contributed by atoms with Crippen LogP contribution in [0.15, 0.2) is 54.9 Å². The normalized spacial score (nSPS) is 9.40. The topological polar surface area (TPSA) is 76.1 Å². The van der Waals surface area contributed by atoms with Crippen molar-refractivity contribution in [3.05, 3.63) is 60.4 Å². The van der Waals surface area contributed by atoms with Gasteiger partial charge in [-0.3, -0.25) is 9.59 Å². The molecule has 0 unspecified atom stereocenters. The predicted molar refractivity (Wildman–Crippen MR) is 70.2 cm³/mol. The van der Waals surface area contributed by atoms with Crippen LogP contribution in [0.1, 0.15) is 10.4 Å². The van der Waals surface area contributed by atoms with E-state index < -0.39 is 5.91 Å². The number of pyridine rings is 1. The Balaban J connectivity index is 0.00000200. The average molecular weight is 336 g/mol. The number of carbonyl (C=O) groups excluding carboxylic acids is 2. The van der Waals surface area contributed by atoms with Gasteiger partial charge >= 0.3 is 0 Å². The number of nitrogens with one attached hydrogen (secondary N) is 1. The molecule has 0 saturated carbocycles. The number of halogens is 1. The lowest BCUT2D eigenvalue weighted by Gasteiger charge is -2.02. The van der Waals surface area contributed by atoms with Crippen molar-refractivity contribution in [3.63, 3.8) is 0 Å². The lowest BCUT2D eigenvalue weighted by molar-refractivity contribution is -0.684. The summed E-state index contributed by atoms with van der Waals surface area (Å²) in [6.07, 6.45) is 3.25. The van der Waals surface area contributed by atoms with Crippen LogP contribution in [0, 0.1) is 0 Å². The Labute approximate surface area is 127 Å². The molecule has 0 saturated heterocycles. The third-order valence-corrected chi connectivity index (χ3v) is 2.53. The van der Waals surface area contributed by atoms with Crippen molar-refractivity contribution >= 4 is 17.5 Å². The summed E-state index contributed by atoms with van der Waals surface area (Å²) in [7, 11) is 0. The van der Waals surface area contributed by atoms with Gasteiger partial charge in [0.05, 0.1) is 0 Å². The highest BCUT2D eigenvalue weighted by molar-refractivity contribution is 5.92. The number of primary amides is 1. The number of aromatic nitrogens is 1. The lowest BCUT2D eigenvalue weighted by atomic mass is 10.2. The molecule has 3 N–H and O–H groups in total. The minimum Gasteiger partial charge on any atom is -1.00 e. The van der Waals surface area contributed by atoms with Crippen molar-refractivity contribution < 1.29 is 31.1 Å². The maximum atomic E-state index is 11.8. The van der Waals surface area contributed by atoms with Gasteiger partial charge in [0, 0.05) is 11.8 Å². The zero-order valence-corrected chi connectivity index (χ0v) is 12.2. The molecule has 6 heteroatoms. The van der Waals surface area contributed by atoms with Crippen LogP contribution in [0.25, 0.3) is 0 Å². The number of nitrogens with two attached hydrogens (primary N) is 1. The second kappa shape index (κ2) is 7.40. The fourth-order valence-corrected chi connectivity index (χ4v) is 1.65. The second-order valence-corrected chi connectivity index (χ2v) is 4.04. The van der Waals surface area contributed by atoms with Crippen LogP contribution in [0.5, 0.6) is 0 Å². The Morgan fingerprint density at radius 1 is 1.10 bits per heavy atom. The molecule has 0 aliphatic carbocycles. The molecule has 0 radical (unpaired) electrons. The van der Waals surface area contributed by atoms with E-state index in [0.29, 0.717) is 5.56 Å². The molecule has 0 aliphatic rings. The van der Waals surface area contributed by atoms with Crippen molar-refractivity contribution in [1.29, 1.82) is 0 Å². The minimum absolute atomic E-state index is 0. The van der Waals surface area contributed by atoms with E-state index in [0.717, 1.165) is 5.69 Å². The van der Waals surface area contributed by atoms with Crippen LogP contribution in [-0.4, -0.2) is 11.8 Å². The summed E-state index contributed by atoms with van der Waals surface area (Å²) in [6.45, 7) is 0.121. The van der Waals surface area contributed by atoms with Crippen molar-refractivity contribution in [3.8, 4) is 0 Å². The molecular formula is C14H14BrN3O2. The SMILES string of the molecule is NC(=O)c1ccc[n+](CC(=O)Nc2ccccc2)c1.[Br-]. The number of carbonyl (C=O) groups is 2. The Kier molecular flexibility index (Phi) is 5.86. The van der Waals surface area contributed by atoms with E-state index in [2.05, 4.69) is 5.32 Å². The van der Waals surface area contributed by atoms with Crippen LogP contribution in [-0.2, 0) is 11.3 Å². The summed E-state index contributed by atoms with van der Waals surface area (Å²) in [5, 5.41) is 2.76. The van der Waals surface area contributed by atoms with Gasteiger partial charge in [-0.25, -0.2) is 0 Å². The molecule has 0 spiro atoms. The highest BCUT2D eigenvalue weighted by Crippen LogP contribution is 2.04. The molecule has 1 heterocycles. The molecule has 5 nitrogen and oxygen atoms in total. The highest BCUT2D eigenvalue weighted by Gasteiger charge is 2.11. The fraction of sp³-hybridized carbons (Fsp3) is 0.0714. The largest absolute Gasteiger partial charge is 1.00 e. The zero-order chi connectivity index (χ0) is 13.7. The van der Waals surface area contributed by atoms with Crippen LogP contribution < -0.4 is 32.6 Å². The van der Waals surface area contributed by atoms with E-state index >= 15 is 0 Å². The molecule has 1 aromatic carbocycles. The first-order chi connectivity index (χ1) is 9.15. The summed E-state index contributed by atoms with van der Waals surface area (Å²) in [5.74, 6) is -0.685. The number of benzene rings is 1. The van der Waals surface area contributed by atoms with Gasteiger partial charge in [0.1, 0.15) is 5.56 Å². The smallest absolute Gasteiger partial charge is 0.290 e. The van der Waals surface area contributed by atoms with Gasteiger partial charge in [0.25, 0.3) is 11.8 Å². The number of hydrogen-bond acceptors (Lipinski definition) is 2. The molecule has 1 aromatic heterocycles. The minimum atomic E-state index is -0.516. The highest BCUT2D eigenvalue weighted by atomic mass is 79.9. The molecule has 2 amide bonds. The first-order valence-corrected chi connectivity index (χ1v) is 5.79. The summed E-state index contributed by atoms with van der Waals surface area (Å²) >= 11 is 0. The number of nitrogens with zero attached hydrogens (tertiary/aromatic N) is 1. The standard InChI is InChI=1S/C14H13N3O2.BrH/c15-14(19)11-5-4-8-17(9-11)10-13(18)16-12-6-2-1-3-7-12;/h1-9H,10H2,(H2-,15,16,18,19);1H. The Bertz CT molecular complexity index is 602. The molecule has 0 atom stereocenters. The van der Waals surface area contributed by atoms with Crippen LogP contribution in [0.3, 0.4) is 0 Å². The lowest BCUT2D eigenvalue weighted by Crippen LogP contribution is -3.00. The number of hydrogen-bond donors (Lipinski definition) is 2. The average Bonchev–Trinajstić information content (AvgIpc) is 2.40. The molecule has 0 aliphatic heterocycles. The van der Waals surface area contributed by atoms with E-state index in [-0.39, 0.29) is 29.4 Å². The van der Waals surface area contributed by atoms with Crippen molar-refractivity contribution in [2.24, 2.45) is 5.73 Å². The number of para-hydroxylation sites is 1. The second-order valence-electron chi connectivity index (χ2n) is 4.04. The fourth-order valence-electron chi connectivity index (χ4n) is 1.65. The molecule has 2 aromatic rings. The number of amides is 2. The molecule has 2 rings (SSSR count). The van der Waals surface area contributed by atoms with Crippen molar-refractivity contribution in [1.82, 2.24) is 0 Å². The monoisotopic (exact) mass is 335 g/mol. The van der Waals surface area contributed by atoms with Gasteiger partial charge in [-0.2, -0.15) is 4.57 Å². The Morgan fingerprint density at radius 3 is 2.45 bits per heavy atom. The van der Waals surface area contributed by atoms with Crippen LogP contribution in [0.4, 0.5) is 5.69 Å². The maximum absolute atomic E-state index is 11.8. The molecule has 0 bridgehead atoms. The van der Waals surface area contributed by atoms with E-state index in [4.69, 9.17) is 5.73 Å². The first-order valence-electron chi connectivity index (χ1n) is 5.79. The van der Waals surface area contributed by atoms with Gasteiger partial charge in [-0.1, -0.05) is 18.2 Å². The number of rotatable bonds is 4. The summed E-state index contributed by atoms with van der Waals surface area (Å²) in [6, 6.07) is 12.5. The van der Waals surface area contributed by atoms with E-state index in [1.165, 1.54) is 0 Å². The van der Waals surface area contributed by atoms with Crippen LogP contribution in [0.2, 0.25) is 0 Å². The first kappa shape index (κ1) is 15.8. The van der Waals surface area contributed by atoms with Crippen molar-refractivity contribution in [2.45, 2.75) is 6.54 Å². The van der Waals surface area contributed by atoms with Crippen molar-refractivity contribution in [2.75, 3.05) is 5.32 Å². The molecule has 104 valence electrons. The summed E-state index contributed by atoms with van der Waals surface area (Å²) in [4.78, 5) is 22.9.